The number of ketones is 1. The molecule has 5 rings (SSSR count). The second-order valence-corrected chi connectivity index (χ2v) is 8.79. The molecule has 2 aromatic carbocycles. The zero-order chi connectivity index (χ0) is 22.8. The summed E-state index contributed by atoms with van der Waals surface area (Å²) >= 11 is 1.36. The number of amides is 1. The van der Waals surface area contributed by atoms with E-state index in [2.05, 4.69) is 20.5 Å². The smallest absolute Gasteiger partial charge is 0.231 e. The highest BCUT2D eigenvalue weighted by atomic mass is 32.2. The van der Waals surface area contributed by atoms with Gasteiger partial charge in [0.25, 0.3) is 0 Å². The first kappa shape index (κ1) is 21.1. The van der Waals surface area contributed by atoms with Crippen molar-refractivity contribution in [2.75, 3.05) is 11.1 Å². The lowest BCUT2D eigenvalue weighted by Crippen LogP contribution is -2.08. The number of aromatic nitrogens is 4. The van der Waals surface area contributed by atoms with E-state index in [0.717, 1.165) is 22.4 Å². The SMILES string of the molecule is CC1C(=O)Nc2ccc(C(=O)CSc3nnc(-c4cccnc4)n3Cc3ccccc3)cc21. The molecule has 1 unspecified atom stereocenters. The Morgan fingerprint density at radius 2 is 1.94 bits per heavy atom. The summed E-state index contributed by atoms with van der Waals surface area (Å²) in [5.41, 5.74) is 4.21. The average Bonchev–Trinajstić information content (AvgIpc) is 3.38. The molecule has 0 saturated carbocycles. The second-order valence-electron chi connectivity index (χ2n) is 7.84. The third-order valence-corrected chi connectivity index (χ3v) is 6.61. The van der Waals surface area contributed by atoms with Gasteiger partial charge in [0.05, 0.1) is 18.2 Å². The lowest BCUT2D eigenvalue weighted by Gasteiger charge is -2.10. The Hall–Kier alpha value is -3.78. The molecule has 164 valence electrons. The summed E-state index contributed by atoms with van der Waals surface area (Å²) in [6, 6.07) is 19.2. The van der Waals surface area contributed by atoms with Crippen molar-refractivity contribution in [3.63, 3.8) is 0 Å². The Morgan fingerprint density at radius 1 is 1.09 bits per heavy atom. The molecule has 0 radical (unpaired) electrons. The Morgan fingerprint density at radius 3 is 2.73 bits per heavy atom. The van der Waals surface area contributed by atoms with Crippen LogP contribution in [-0.2, 0) is 11.3 Å². The zero-order valence-electron chi connectivity index (χ0n) is 17.9. The minimum Gasteiger partial charge on any atom is -0.325 e. The Labute approximate surface area is 195 Å². The quantitative estimate of drug-likeness (QED) is 0.328. The van der Waals surface area contributed by atoms with Crippen molar-refractivity contribution < 1.29 is 9.59 Å². The number of pyridine rings is 1. The normalized spacial score (nSPS) is 14.7. The van der Waals surface area contributed by atoms with Crippen LogP contribution in [0, 0.1) is 0 Å². The van der Waals surface area contributed by atoms with Gasteiger partial charge in [0, 0.05) is 29.2 Å². The summed E-state index contributed by atoms with van der Waals surface area (Å²) in [4.78, 5) is 29.1. The highest BCUT2D eigenvalue weighted by Crippen LogP contribution is 2.33. The molecule has 1 aliphatic rings. The molecule has 7 nitrogen and oxygen atoms in total. The number of nitrogens with one attached hydrogen (secondary N) is 1. The molecule has 1 aliphatic heterocycles. The van der Waals surface area contributed by atoms with Crippen LogP contribution in [0.4, 0.5) is 5.69 Å². The van der Waals surface area contributed by atoms with Crippen LogP contribution in [0.3, 0.4) is 0 Å². The fourth-order valence-corrected chi connectivity index (χ4v) is 4.65. The Bertz CT molecular complexity index is 1320. The number of carbonyl (C=O) groups excluding carboxylic acids is 2. The molecule has 3 heterocycles. The highest BCUT2D eigenvalue weighted by molar-refractivity contribution is 7.99. The maximum absolute atomic E-state index is 13.0. The van der Waals surface area contributed by atoms with Crippen LogP contribution < -0.4 is 5.32 Å². The Balaban J connectivity index is 1.39. The number of carbonyl (C=O) groups is 2. The molecule has 8 heteroatoms. The maximum atomic E-state index is 13.0. The molecule has 1 N–H and O–H groups in total. The van der Waals surface area contributed by atoms with Gasteiger partial charge in [-0.3, -0.25) is 19.1 Å². The van der Waals surface area contributed by atoms with Crippen LogP contribution in [0.2, 0.25) is 0 Å². The van der Waals surface area contributed by atoms with Gasteiger partial charge in [-0.05, 0) is 48.4 Å². The fourth-order valence-electron chi connectivity index (χ4n) is 3.82. The predicted molar refractivity (Wildman–Crippen MR) is 127 cm³/mol. The standard InChI is InChI=1S/C25H21N5O2S/c1-16-20-12-18(9-10-21(20)27-24(16)32)22(31)15-33-25-29-28-23(19-8-5-11-26-13-19)30(25)14-17-6-3-2-4-7-17/h2-13,16H,14-15H2,1H3,(H,27,32). The summed E-state index contributed by atoms with van der Waals surface area (Å²) in [5, 5.41) is 12.3. The topological polar surface area (TPSA) is 89.8 Å². The maximum Gasteiger partial charge on any atom is 0.231 e. The molecular weight excluding hydrogens is 434 g/mol. The van der Waals surface area contributed by atoms with E-state index in [-0.39, 0.29) is 23.4 Å². The molecule has 0 aliphatic carbocycles. The van der Waals surface area contributed by atoms with Crippen molar-refractivity contribution in [1.29, 1.82) is 0 Å². The zero-order valence-corrected chi connectivity index (χ0v) is 18.7. The van der Waals surface area contributed by atoms with E-state index in [4.69, 9.17) is 0 Å². The van der Waals surface area contributed by atoms with Crippen molar-refractivity contribution in [1.82, 2.24) is 19.7 Å². The van der Waals surface area contributed by atoms with Gasteiger partial charge in [-0.25, -0.2) is 0 Å². The molecule has 1 atom stereocenters. The molecule has 0 saturated heterocycles. The molecule has 0 fully saturated rings. The summed E-state index contributed by atoms with van der Waals surface area (Å²) in [6.07, 6.45) is 3.47. The number of rotatable bonds is 7. The van der Waals surface area contributed by atoms with E-state index < -0.39 is 0 Å². The first-order chi connectivity index (χ1) is 16.1. The number of Topliss-reactive ketones (excluding diaryl/α,β-unsaturated/α-hetero) is 1. The van der Waals surface area contributed by atoms with Gasteiger partial charge in [0.2, 0.25) is 5.91 Å². The molecule has 4 aromatic rings. The first-order valence-electron chi connectivity index (χ1n) is 10.6. The lowest BCUT2D eigenvalue weighted by atomic mass is 9.99. The van der Waals surface area contributed by atoms with Gasteiger partial charge < -0.3 is 5.32 Å². The number of benzene rings is 2. The number of thioether (sulfide) groups is 1. The second kappa shape index (κ2) is 8.99. The number of hydrogen-bond acceptors (Lipinski definition) is 6. The molecular formula is C25H21N5O2S. The average molecular weight is 456 g/mol. The van der Waals surface area contributed by atoms with E-state index in [1.54, 1.807) is 24.5 Å². The van der Waals surface area contributed by atoms with Crippen molar-refractivity contribution in [2.45, 2.75) is 24.5 Å². The minimum absolute atomic E-state index is 0.0217. The van der Waals surface area contributed by atoms with Crippen molar-refractivity contribution >= 4 is 29.1 Å². The van der Waals surface area contributed by atoms with E-state index in [9.17, 15) is 9.59 Å². The largest absolute Gasteiger partial charge is 0.325 e. The van der Waals surface area contributed by atoms with E-state index in [1.807, 2.05) is 60.0 Å². The van der Waals surface area contributed by atoms with E-state index in [1.165, 1.54) is 11.8 Å². The third-order valence-electron chi connectivity index (χ3n) is 5.64. The molecule has 1 amide bonds. The Kier molecular flexibility index (Phi) is 5.75. The molecule has 2 aromatic heterocycles. The minimum atomic E-state index is -0.253. The van der Waals surface area contributed by atoms with Gasteiger partial charge in [0.15, 0.2) is 16.8 Å². The van der Waals surface area contributed by atoms with Gasteiger partial charge in [-0.1, -0.05) is 42.1 Å². The van der Waals surface area contributed by atoms with Gasteiger partial charge >= 0.3 is 0 Å². The van der Waals surface area contributed by atoms with Crippen LogP contribution in [0.1, 0.15) is 34.3 Å². The monoisotopic (exact) mass is 455 g/mol. The number of fused-ring (bicyclic) bond motifs is 1. The van der Waals surface area contributed by atoms with Gasteiger partial charge in [-0.15, -0.1) is 10.2 Å². The van der Waals surface area contributed by atoms with Crippen LogP contribution in [0.5, 0.6) is 0 Å². The van der Waals surface area contributed by atoms with Gasteiger partial charge in [0.1, 0.15) is 0 Å². The van der Waals surface area contributed by atoms with Crippen LogP contribution >= 0.6 is 11.8 Å². The van der Waals surface area contributed by atoms with Crippen molar-refractivity contribution in [2.24, 2.45) is 0 Å². The predicted octanol–water partition coefficient (Wildman–Crippen LogP) is 4.42. The fraction of sp³-hybridized carbons (Fsp3) is 0.160. The molecule has 0 bridgehead atoms. The first-order valence-corrected chi connectivity index (χ1v) is 11.6. The van der Waals surface area contributed by atoms with Crippen LogP contribution in [0.15, 0.2) is 78.2 Å². The van der Waals surface area contributed by atoms with Crippen LogP contribution in [-0.4, -0.2) is 37.2 Å². The third kappa shape index (κ3) is 4.29. The van der Waals surface area contributed by atoms with Crippen LogP contribution in [0.25, 0.3) is 11.4 Å². The number of hydrogen-bond donors (Lipinski definition) is 1. The van der Waals surface area contributed by atoms with Crippen molar-refractivity contribution in [3.05, 3.63) is 89.7 Å². The summed E-state index contributed by atoms with van der Waals surface area (Å²) in [6.45, 7) is 2.43. The van der Waals surface area contributed by atoms with E-state index >= 15 is 0 Å². The lowest BCUT2D eigenvalue weighted by molar-refractivity contribution is -0.116. The van der Waals surface area contributed by atoms with E-state index in [0.29, 0.717) is 23.1 Å². The molecule has 0 spiro atoms. The van der Waals surface area contributed by atoms with Crippen molar-refractivity contribution in [3.8, 4) is 11.4 Å². The van der Waals surface area contributed by atoms with Gasteiger partial charge in [-0.2, -0.15) is 0 Å². The number of anilines is 1. The summed E-state index contributed by atoms with van der Waals surface area (Å²) in [5.74, 6) is 0.607. The molecule has 33 heavy (non-hydrogen) atoms. The summed E-state index contributed by atoms with van der Waals surface area (Å²) in [7, 11) is 0. The summed E-state index contributed by atoms with van der Waals surface area (Å²) < 4.78 is 2.01. The number of nitrogens with zero attached hydrogens (tertiary/aromatic N) is 4. The highest BCUT2D eigenvalue weighted by Gasteiger charge is 2.27.